The second-order valence-electron chi connectivity index (χ2n) is 5.05. The Balaban J connectivity index is 2.02. The first kappa shape index (κ1) is 10.2. The fourth-order valence-electron chi connectivity index (χ4n) is 4.11. The maximum atomic E-state index is 11.9. The fourth-order valence-corrected chi connectivity index (χ4v) is 4.67. The topological polar surface area (TPSA) is 17.1 Å². The average molecular weight is 245 g/mol. The lowest BCUT2D eigenvalue weighted by Gasteiger charge is -2.32. The molecule has 3 rings (SSSR count). The molecule has 3 saturated carbocycles. The number of rotatable bonds is 0. The zero-order valence-electron chi connectivity index (χ0n) is 8.51. The van der Waals surface area contributed by atoms with Crippen LogP contribution in [0.25, 0.3) is 0 Å². The van der Waals surface area contributed by atoms with Crippen LogP contribution in [0.4, 0.5) is 0 Å². The van der Waals surface area contributed by atoms with E-state index in [1.807, 2.05) is 0 Å². The van der Waals surface area contributed by atoms with E-state index in [1.165, 1.54) is 18.4 Å². The summed E-state index contributed by atoms with van der Waals surface area (Å²) < 4.78 is 0.449. The molecule has 0 aromatic heterocycles. The van der Waals surface area contributed by atoms with Gasteiger partial charge in [0.05, 0.1) is 0 Å². The van der Waals surface area contributed by atoms with Gasteiger partial charge in [0.2, 0.25) is 0 Å². The standard InChI is InChI=1S/C12H14Cl2O/c13-12(14)11-7-4-5-8(11)10-6(7)2-1-3-9(10)15/h6-8,10H,1-5H2/t6-,7?,8?,10-/m1/s1. The third-order valence-corrected chi connectivity index (χ3v) is 4.99. The summed E-state index contributed by atoms with van der Waals surface area (Å²) in [4.78, 5) is 11.9. The summed E-state index contributed by atoms with van der Waals surface area (Å²) in [5.74, 6) is 2.20. The summed E-state index contributed by atoms with van der Waals surface area (Å²) in [5, 5.41) is 0. The van der Waals surface area contributed by atoms with E-state index in [0.29, 0.717) is 28.0 Å². The Labute approximate surface area is 99.8 Å². The number of ketones is 1. The Morgan fingerprint density at radius 3 is 2.53 bits per heavy atom. The fraction of sp³-hybridized carbons (Fsp3) is 0.750. The number of carbonyl (C=O) groups is 1. The third kappa shape index (κ3) is 1.32. The zero-order valence-corrected chi connectivity index (χ0v) is 10.0. The van der Waals surface area contributed by atoms with Gasteiger partial charge in [0.1, 0.15) is 10.3 Å². The molecule has 3 heteroatoms. The lowest BCUT2D eigenvalue weighted by Crippen LogP contribution is -2.33. The van der Waals surface area contributed by atoms with Crippen LogP contribution >= 0.6 is 23.2 Å². The van der Waals surface area contributed by atoms with Crippen LogP contribution in [0.3, 0.4) is 0 Å². The summed E-state index contributed by atoms with van der Waals surface area (Å²) in [7, 11) is 0. The van der Waals surface area contributed by atoms with E-state index in [2.05, 4.69) is 0 Å². The van der Waals surface area contributed by atoms with Gasteiger partial charge < -0.3 is 0 Å². The molecular formula is C12H14Cl2O. The van der Waals surface area contributed by atoms with Crippen molar-refractivity contribution in [3.05, 3.63) is 10.1 Å². The van der Waals surface area contributed by atoms with Crippen molar-refractivity contribution < 1.29 is 4.79 Å². The quantitative estimate of drug-likeness (QED) is 0.636. The highest BCUT2D eigenvalue weighted by Gasteiger charge is 2.55. The van der Waals surface area contributed by atoms with Gasteiger partial charge in [0.15, 0.2) is 0 Å². The number of hydrogen-bond acceptors (Lipinski definition) is 1. The Morgan fingerprint density at radius 1 is 1.13 bits per heavy atom. The van der Waals surface area contributed by atoms with E-state index in [0.717, 1.165) is 19.3 Å². The number of carbonyl (C=O) groups excluding carboxylic acids is 1. The smallest absolute Gasteiger partial charge is 0.136 e. The monoisotopic (exact) mass is 244 g/mol. The average Bonchev–Trinajstić information content (AvgIpc) is 2.73. The van der Waals surface area contributed by atoms with Crippen molar-refractivity contribution in [1.29, 1.82) is 0 Å². The maximum absolute atomic E-state index is 11.9. The molecule has 0 spiro atoms. The van der Waals surface area contributed by atoms with Crippen molar-refractivity contribution in [2.24, 2.45) is 23.7 Å². The van der Waals surface area contributed by atoms with E-state index < -0.39 is 0 Å². The first-order valence-corrected chi connectivity index (χ1v) is 6.53. The Bertz CT molecular complexity index is 344. The van der Waals surface area contributed by atoms with Crippen molar-refractivity contribution in [3.63, 3.8) is 0 Å². The number of hydrogen-bond donors (Lipinski definition) is 0. The molecule has 0 aromatic carbocycles. The Hall–Kier alpha value is -0.0100. The molecule has 2 unspecified atom stereocenters. The highest BCUT2D eigenvalue weighted by molar-refractivity contribution is 6.56. The Morgan fingerprint density at radius 2 is 1.87 bits per heavy atom. The molecule has 0 aliphatic heterocycles. The molecule has 0 aromatic rings. The van der Waals surface area contributed by atoms with Gasteiger partial charge in [0.25, 0.3) is 0 Å². The lowest BCUT2D eigenvalue weighted by molar-refractivity contribution is -0.128. The van der Waals surface area contributed by atoms with Crippen LogP contribution in [0.2, 0.25) is 0 Å². The van der Waals surface area contributed by atoms with Crippen LogP contribution in [0, 0.1) is 23.7 Å². The number of halogens is 2. The molecule has 1 nitrogen and oxygen atoms in total. The van der Waals surface area contributed by atoms with E-state index in [4.69, 9.17) is 23.2 Å². The molecule has 0 radical (unpaired) electrons. The molecule has 0 N–H and O–H groups in total. The van der Waals surface area contributed by atoms with Crippen molar-refractivity contribution in [2.75, 3.05) is 0 Å². The second kappa shape index (κ2) is 3.49. The summed E-state index contributed by atoms with van der Waals surface area (Å²) in [6, 6.07) is 0. The van der Waals surface area contributed by atoms with Crippen molar-refractivity contribution in [3.8, 4) is 0 Å². The van der Waals surface area contributed by atoms with Crippen molar-refractivity contribution in [1.82, 2.24) is 0 Å². The molecule has 0 amide bonds. The van der Waals surface area contributed by atoms with Gasteiger partial charge in [-0.05, 0) is 49.0 Å². The van der Waals surface area contributed by atoms with E-state index in [9.17, 15) is 4.79 Å². The zero-order chi connectivity index (χ0) is 10.6. The number of fused-ring (bicyclic) bond motifs is 5. The van der Waals surface area contributed by atoms with E-state index in [1.54, 1.807) is 0 Å². The number of allylic oxidation sites excluding steroid dienone is 1. The van der Waals surface area contributed by atoms with Crippen LogP contribution < -0.4 is 0 Å². The second-order valence-corrected chi connectivity index (χ2v) is 6.00. The molecule has 0 heterocycles. The van der Waals surface area contributed by atoms with Crippen LogP contribution in [-0.4, -0.2) is 5.78 Å². The van der Waals surface area contributed by atoms with Crippen LogP contribution in [0.5, 0.6) is 0 Å². The first-order chi connectivity index (χ1) is 7.20. The molecular weight excluding hydrogens is 231 g/mol. The molecule has 0 saturated heterocycles. The molecule has 82 valence electrons. The first-order valence-electron chi connectivity index (χ1n) is 5.78. The largest absolute Gasteiger partial charge is 0.299 e. The highest BCUT2D eigenvalue weighted by atomic mass is 35.5. The minimum absolute atomic E-state index is 0.264. The minimum Gasteiger partial charge on any atom is -0.299 e. The third-order valence-electron chi connectivity index (χ3n) is 4.55. The summed E-state index contributed by atoms with van der Waals surface area (Å²) in [6.45, 7) is 0. The molecule has 3 aliphatic rings. The van der Waals surface area contributed by atoms with Crippen molar-refractivity contribution >= 4 is 29.0 Å². The predicted octanol–water partition coefficient (Wildman–Crippen LogP) is 3.70. The maximum Gasteiger partial charge on any atom is 0.136 e. The molecule has 3 aliphatic carbocycles. The molecule has 4 atom stereocenters. The van der Waals surface area contributed by atoms with Gasteiger partial charge in [-0.1, -0.05) is 23.2 Å². The van der Waals surface area contributed by atoms with Gasteiger partial charge in [-0.15, -0.1) is 0 Å². The van der Waals surface area contributed by atoms with Crippen molar-refractivity contribution in [2.45, 2.75) is 32.1 Å². The van der Waals surface area contributed by atoms with Crippen LogP contribution in [-0.2, 0) is 4.79 Å². The van der Waals surface area contributed by atoms with Gasteiger partial charge in [-0.2, -0.15) is 0 Å². The SMILES string of the molecule is O=C1CCC[C@@H]2C3CCC(C3=C(Cl)Cl)[C@H]12. The van der Waals surface area contributed by atoms with Gasteiger partial charge in [-0.25, -0.2) is 0 Å². The summed E-state index contributed by atoms with van der Waals surface area (Å²) in [5.41, 5.74) is 1.21. The molecule has 3 fully saturated rings. The van der Waals surface area contributed by atoms with Gasteiger partial charge in [0, 0.05) is 12.3 Å². The minimum atomic E-state index is 0.264. The lowest BCUT2D eigenvalue weighted by atomic mass is 9.70. The van der Waals surface area contributed by atoms with Crippen LogP contribution in [0.1, 0.15) is 32.1 Å². The van der Waals surface area contributed by atoms with Gasteiger partial charge >= 0.3 is 0 Å². The molecule has 2 bridgehead atoms. The van der Waals surface area contributed by atoms with Gasteiger partial charge in [-0.3, -0.25) is 4.79 Å². The summed E-state index contributed by atoms with van der Waals surface area (Å²) >= 11 is 11.9. The van der Waals surface area contributed by atoms with Crippen LogP contribution in [0.15, 0.2) is 10.1 Å². The summed E-state index contributed by atoms with van der Waals surface area (Å²) in [6.07, 6.45) is 5.35. The molecule has 15 heavy (non-hydrogen) atoms. The van der Waals surface area contributed by atoms with E-state index in [-0.39, 0.29) is 5.92 Å². The van der Waals surface area contributed by atoms with E-state index >= 15 is 0 Å². The number of Topliss-reactive ketones (excluding diaryl/α,β-unsaturated/α-hetero) is 1. The predicted molar refractivity (Wildman–Crippen MR) is 60.8 cm³/mol. The highest BCUT2D eigenvalue weighted by Crippen LogP contribution is 2.60. The normalized spacial score (nSPS) is 43.3. The Kier molecular flexibility index (Phi) is 2.37.